The van der Waals surface area contributed by atoms with Crippen LogP contribution in [0.5, 0.6) is 0 Å². The quantitative estimate of drug-likeness (QED) is 0.695. The molecule has 0 saturated heterocycles. The summed E-state index contributed by atoms with van der Waals surface area (Å²) >= 11 is 17.8. The van der Waals surface area contributed by atoms with E-state index in [9.17, 15) is 4.79 Å². The summed E-state index contributed by atoms with van der Waals surface area (Å²) in [6, 6.07) is 10.6. The van der Waals surface area contributed by atoms with Gasteiger partial charge in [0.2, 0.25) is 0 Å². The van der Waals surface area contributed by atoms with Crippen molar-refractivity contribution in [2.24, 2.45) is 0 Å². The van der Waals surface area contributed by atoms with E-state index in [0.29, 0.717) is 20.6 Å². The summed E-state index contributed by atoms with van der Waals surface area (Å²) in [5.74, 6) is -0.0385. The SMILES string of the molecule is Cc1ccc(C(=O)Cc2ccc(Cl)c(Cl)c2)c(Cl)c1. The maximum atomic E-state index is 12.2. The molecule has 19 heavy (non-hydrogen) atoms. The van der Waals surface area contributed by atoms with Crippen LogP contribution in [-0.2, 0) is 6.42 Å². The number of carbonyl (C=O) groups is 1. The molecule has 0 aliphatic heterocycles. The normalized spacial score (nSPS) is 10.5. The molecule has 0 unspecified atom stereocenters. The van der Waals surface area contributed by atoms with E-state index in [1.165, 1.54) is 0 Å². The minimum atomic E-state index is -0.0385. The molecule has 0 saturated carbocycles. The van der Waals surface area contributed by atoms with Gasteiger partial charge in [0.25, 0.3) is 0 Å². The Labute approximate surface area is 127 Å². The summed E-state index contributed by atoms with van der Waals surface area (Å²) in [6.07, 6.45) is 0.250. The van der Waals surface area contributed by atoms with E-state index in [0.717, 1.165) is 11.1 Å². The van der Waals surface area contributed by atoms with Crippen molar-refractivity contribution in [2.75, 3.05) is 0 Å². The predicted molar refractivity (Wildman–Crippen MR) is 80.7 cm³/mol. The van der Waals surface area contributed by atoms with Crippen molar-refractivity contribution in [3.8, 4) is 0 Å². The van der Waals surface area contributed by atoms with Crippen molar-refractivity contribution in [2.45, 2.75) is 13.3 Å². The third-order valence-corrected chi connectivity index (χ3v) is 3.83. The molecule has 0 spiro atoms. The van der Waals surface area contributed by atoms with Crippen molar-refractivity contribution < 1.29 is 4.79 Å². The smallest absolute Gasteiger partial charge is 0.168 e. The van der Waals surface area contributed by atoms with Crippen molar-refractivity contribution in [1.29, 1.82) is 0 Å². The molecule has 0 radical (unpaired) electrons. The lowest BCUT2D eigenvalue weighted by Gasteiger charge is -2.06. The molecule has 98 valence electrons. The van der Waals surface area contributed by atoms with E-state index in [-0.39, 0.29) is 12.2 Å². The van der Waals surface area contributed by atoms with E-state index in [2.05, 4.69) is 0 Å². The molecule has 0 amide bonds. The lowest BCUT2D eigenvalue weighted by Crippen LogP contribution is -2.04. The molecule has 2 aromatic carbocycles. The van der Waals surface area contributed by atoms with Crippen molar-refractivity contribution in [3.63, 3.8) is 0 Å². The fourth-order valence-corrected chi connectivity index (χ4v) is 2.44. The lowest BCUT2D eigenvalue weighted by atomic mass is 10.0. The standard InChI is InChI=1S/C15H11Cl3O/c1-9-2-4-11(13(17)6-9)15(19)8-10-3-5-12(16)14(18)7-10/h2-7H,8H2,1H3. The molecule has 0 atom stereocenters. The Morgan fingerprint density at radius 3 is 2.32 bits per heavy atom. The highest BCUT2D eigenvalue weighted by atomic mass is 35.5. The monoisotopic (exact) mass is 312 g/mol. The van der Waals surface area contributed by atoms with Crippen LogP contribution >= 0.6 is 34.8 Å². The zero-order chi connectivity index (χ0) is 14.0. The maximum absolute atomic E-state index is 12.2. The van der Waals surface area contributed by atoms with Crippen molar-refractivity contribution in [3.05, 3.63) is 68.2 Å². The topological polar surface area (TPSA) is 17.1 Å². The van der Waals surface area contributed by atoms with Crippen LogP contribution in [0.15, 0.2) is 36.4 Å². The summed E-state index contributed by atoms with van der Waals surface area (Å²) in [6.45, 7) is 1.93. The first-order valence-electron chi connectivity index (χ1n) is 5.70. The number of Topliss-reactive ketones (excluding diaryl/α,β-unsaturated/α-hetero) is 1. The van der Waals surface area contributed by atoms with Gasteiger partial charge >= 0.3 is 0 Å². The van der Waals surface area contributed by atoms with Crippen LogP contribution in [0.4, 0.5) is 0 Å². The van der Waals surface area contributed by atoms with Crippen molar-refractivity contribution in [1.82, 2.24) is 0 Å². The molecular formula is C15H11Cl3O. The lowest BCUT2D eigenvalue weighted by molar-refractivity contribution is 0.0993. The molecule has 1 nitrogen and oxygen atoms in total. The summed E-state index contributed by atoms with van der Waals surface area (Å²) in [4.78, 5) is 12.2. The van der Waals surface area contributed by atoms with E-state index in [4.69, 9.17) is 34.8 Å². The van der Waals surface area contributed by atoms with Crippen LogP contribution in [0.2, 0.25) is 15.1 Å². The third kappa shape index (κ3) is 3.50. The maximum Gasteiger partial charge on any atom is 0.168 e. The Bertz CT molecular complexity index is 635. The second-order valence-electron chi connectivity index (χ2n) is 4.33. The number of hydrogen-bond acceptors (Lipinski definition) is 1. The van der Waals surface area contributed by atoms with Crippen LogP contribution in [-0.4, -0.2) is 5.78 Å². The van der Waals surface area contributed by atoms with Crippen LogP contribution in [0, 0.1) is 6.92 Å². The number of carbonyl (C=O) groups excluding carboxylic acids is 1. The first kappa shape index (κ1) is 14.4. The van der Waals surface area contributed by atoms with E-state index >= 15 is 0 Å². The molecule has 0 aromatic heterocycles. The van der Waals surface area contributed by atoms with Crippen LogP contribution < -0.4 is 0 Å². The van der Waals surface area contributed by atoms with E-state index in [1.807, 2.05) is 13.0 Å². The molecular weight excluding hydrogens is 303 g/mol. The van der Waals surface area contributed by atoms with Gasteiger partial charge in [-0.3, -0.25) is 4.79 Å². The number of rotatable bonds is 3. The first-order chi connectivity index (χ1) is 8.97. The molecule has 2 rings (SSSR count). The summed E-state index contributed by atoms with van der Waals surface area (Å²) in [5, 5.41) is 1.40. The largest absolute Gasteiger partial charge is 0.294 e. The zero-order valence-corrected chi connectivity index (χ0v) is 12.5. The fourth-order valence-electron chi connectivity index (χ4n) is 1.78. The Balaban J connectivity index is 2.23. The second-order valence-corrected chi connectivity index (χ2v) is 5.55. The zero-order valence-electron chi connectivity index (χ0n) is 10.2. The van der Waals surface area contributed by atoms with Gasteiger partial charge in [-0.15, -0.1) is 0 Å². The van der Waals surface area contributed by atoms with Gasteiger partial charge in [0.1, 0.15) is 0 Å². The van der Waals surface area contributed by atoms with Gasteiger partial charge in [0.05, 0.1) is 15.1 Å². The average Bonchev–Trinajstić information content (AvgIpc) is 2.33. The van der Waals surface area contributed by atoms with Crippen LogP contribution in [0.3, 0.4) is 0 Å². The highest BCUT2D eigenvalue weighted by Crippen LogP contribution is 2.24. The summed E-state index contributed by atoms with van der Waals surface area (Å²) in [5.41, 5.74) is 2.37. The highest BCUT2D eigenvalue weighted by molar-refractivity contribution is 6.42. The van der Waals surface area contributed by atoms with Crippen molar-refractivity contribution >= 4 is 40.6 Å². The Morgan fingerprint density at radius 2 is 1.68 bits per heavy atom. The number of aryl methyl sites for hydroxylation is 1. The van der Waals surface area contributed by atoms with Gasteiger partial charge < -0.3 is 0 Å². The van der Waals surface area contributed by atoms with Gasteiger partial charge in [-0.2, -0.15) is 0 Å². The summed E-state index contributed by atoms with van der Waals surface area (Å²) < 4.78 is 0. The second kappa shape index (κ2) is 5.96. The molecule has 0 aliphatic rings. The van der Waals surface area contributed by atoms with Gasteiger partial charge in [-0.05, 0) is 42.3 Å². The highest BCUT2D eigenvalue weighted by Gasteiger charge is 2.12. The number of halogens is 3. The van der Waals surface area contributed by atoms with Gasteiger partial charge in [0.15, 0.2) is 5.78 Å². The van der Waals surface area contributed by atoms with Gasteiger partial charge in [-0.1, -0.05) is 46.9 Å². The Morgan fingerprint density at radius 1 is 0.947 bits per heavy atom. The predicted octanol–water partition coefficient (Wildman–Crippen LogP) is 5.38. The molecule has 0 N–H and O–H groups in total. The summed E-state index contributed by atoms with van der Waals surface area (Å²) in [7, 11) is 0. The molecule has 2 aromatic rings. The molecule has 0 bridgehead atoms. The van der Waals surface area contributed by atoms with Gasteiger partial charge in [0, 0.05) is 12.0 Å². The molecule has 4 heteroatoms. The third-order valence-electron chi connectivity index (χ3n) is 2.77. The Hall–Kier alpha value is -1.02. The molecule has 0 fully saturated rings. The number of benzene rings is 2. The van der Waals surface area contributed by atoms with E-state index < -0.39 is 0 Å². The van der Waals surface area contributed by atoms with Gasteiger partial charge in [-0.25, -0.2) is 0 Å². The van der Waals surface area contributed by atoms with Crippen LogP contribution in [0.1, 0.15) is 21.5 Å². The minimum Gasteiger partial charge on any atom is -0.294 e. The average molecular weight is 314 g/mol. The first-order valence-corrected chi connectivity index (χ1v) is 6.84. The fraction of sp³-hybridized carbons (Fsp3) is 0.133. The van der Waals surface area contributed by atoms with Crippen LogP contribution in [0.25, 0.3) is 0 Å². The van der Waals surface area contributed by atoms with E-state index in [1.54, 1.807) is 30.3 Å². The Kier molecular flexibility index (Phi) is 4.51. The molecule has 0 heterocycles. The number of hydrogen-bond donors (Lipinski definition) is 0. The molecule has 0 aliphatic carbocycles. The minimum absolute atomic E-state index is 0.0385. The number of ketones is 1.